The zero-order valence-electron chi connectivity index (χ0n) is 10.5. The molecule has 0 aliphatic heterocycles. The maximum atomic E-state index is 10.9. The molecule has 2 aromatic rings. The van der Waals surface area contributed by atoms with E-state index in [1.165, 1.54) is 25.7 Å². The normalized spacial score (nSPS) is 15.8. The third kappa shape index (κ3) is 2.81. The number of aromatic nitrogens is 5. The second-order valence-electron chi connectivity index (χ2n) is 4.76. The van der Waals surface area contributed by atoms with Crippen molar-refractivity contribution in [1.82, 2.24) is 25.1 Å². The van der Waals surface area contributed by atoms with Gasteiger partial charge < -0.3 is 5.32 Å². The van der Waals surface area contributed by atoms with E-state index < -0.39 is 0 Å². The molecule has 0 spiro atoms. The largest absolute Gasteiger partial charge is 0.363 e. The molecule has 100 valence electrons. The van der Waals surface area contributed by atoms with Gasteiger partial charge in [0.2, 0.25) is 0 Å². The van der Waals surface area contributed by atoms with E-state index in [9.17, 15) is 4.79 Å². The van der Waals surface area contributed by atoms with Crippen LogP contribution in [0.4, 0.5) is 5.82 Å². The van der Waals surface area contributed by atoms with E-state index in [2.05, 4.69) is 30.5 Å². The van der Waals surface area contributed by atoms with Crippen molar-refractivity contribution >= 4 is 5.82 Å². The zero-order valence-corrected chi connectivity index (χ0v) is 10.5. The van der Waals surface area contributed by atoms with Crippen LogP contribution in [0.2, 0.25) is 0 Å². The van der Waals surface area contributed by atoms with E-state index in [4.69, 9.17) is 0 Å². The molecule has 3 N–H and O–H groups in total. The third-order valence-corrected chi connectivity index (χ3v) is 3.38. The Morgan fingerprint density at radius 1 is 1.37 bits per heavy atom. The summed E-state index contributed by atoms with van der Waals surface area (Å²) in [5.74, 6) is 2.73. The minimum Gasteiger partial charge on any atom is -0.363 e. The van der Waals surface area contributed by atoms with Crippen LogP contribution in [0.5, 0.6) is 0 Å². The number of aromatic amines is 2. The highest BCUT2D eigenvalue weighted by Gasteiger charge is 2.19. The fraction of sp³-hybridized carbons (Fsp3) is 0.500. The van der Waals surface area contributed by atoms with Crippen LogP contribution in [-0.2, 0) is 6.54 Å². The molecule has 2 heterocycles. The molecule has 3 rings (SSSR count). The average molecular weight is 260 g/mol. The molecule has 0 atom stereocenters. The summed E-state index contributed by atoms with van der Waals surface area (Å²) < 4.78 is 0. The van der Waals surface area contributed by atoms with Gasteiger partial charge in [-0.2, -0.15) is 5.10 Å². The van der Waals surface area contributed by atoms with Crippen LogP contribution in [0.15, 0.2) is 17.1 Å². The molecule has 0 bridgehead atoms. The molecule has 0 amide bonds. The van der Waals surface area contributed by atoms with Crippen LogP contribution in [0.1, 0.15) is 43.3 Å². The van der Waals surface area contributed by atoms with Gasteiger partial charge >= 0.3 is 5.69 Å². The van der Waals surface area contributed by atoms with Crippen molar-refractivity contribution in [3.05, 3.63) is 34.4 Å². The summed E-state index contributed by atoms with van der Waals surface area (Å²) in [5.41, 5.74) is -0.300. The maximum Gasteiger partial charge on any atom is 0.340 e. The Bertz CT molecular complexity index is 598. The van der Waals surface area contributed by atoms with E-state index in [-0.39, 0.29) is 5.69 Å². The Morgan fingerprint density at radius 3 is 2.95 bits per heavy atom. The van der Waals surface area contributed by atoms with Crippen molar-refractivity contribution in [3.63, 3.8) is 0 Å². The van der Waals surface area contributed by atoms with E-state index in [1.807, 2.05) is 6.07 Å². The average Bonchev–Trinajstić information content (AvgIpc) is 3.08. The first-order valence-electron chi connectivity index (χ1n) is 6.51. The predicted octanol–water partition coefficient (Wildman–Crippen LogP) is 1.16. The van der Waals surface area contributed by atoms with Gasteiger partial charge in [-0.3, -0.25) is 4.98 Å². The second-order valence-corrected chi connectivity index (χ2v) is 4.76. The highest BCUT2D eigenvalue weighted by atomic mass is 16.1. The monoisotopic (exact) mass is 260 g/mol. The van der Waals surface area contributed by atoms with Gasteiger partial charge in [-0.25, -0.2) is 19.9 Å². The van der Waals surface area contributed by atoms with E-state index in [0.717, 1.165) is 11.6 Å². The zero-order chi connectivity index (χ0) is 13.1. The van der Waals surface area contributed by atoms with Gasteiger partial charge in [0, 0.05) is 12.1 Å². The fourth-order valence-corrected chi connectivity index (χ4v) is 2.42. The molecule has 0 radical (unpaired) electrons. The van der Waals surface area contributed by atoms with Crippen LogP contribution in [0, 0.1) is 0 Å². The SMILES string of the molecule is O=c1[nH]nc(CNc2ccnc(C3CCCC3)n2)[nH]1. The summed E-state index contributed by atoms with van der Waals surface area (Å²) in [5, 5.41) is 9.29. The molecule has 7 nitrogen and oxygen atoms in total. The molecule has 19 heavy (non-hydrogen) atoms. The molecule has 0 saturated heterocycles. The lowest BCUT2D eigenvalue weighted by Gasteiger charge is -2.09. The molecule has 1 aliphatic carbocycles. The van der Waals surface area contributed by atoms with Crippen LogP contribution in [0.25, 0.3) is 0 Å². The van der Waals surface area contributed by atoms with E-state index in [1.54, 1.807) is 6.20 Å². The lowest BCUT2D eigenvalue weighted by molar-refractivity contribution is 0.668. The second kappa shape index (κ2) is 5.21. The Labute approximate surface area is 109 Å². The Morgan fingerprint density at radius 2 is 2.21 bits per heavy atom. The number of hydrogen-bond acceptors (Lipinski definition) is 5. The Balaban J connectivity index is 1.67. The minimum atomic E-state index is -0.300. The lowest BCUT2D eigenvalue weighted by atomic mass is 10.1. The van der Waals surface area contributed by atoms with Crippen LogP contribution in [-0.4, -0.2) is 25.1 Å². The van der Waals surface area contributed by atoms with Crippen molar-refractivity contribution in [3.8, 4) is 0 Å². The van der Waals surface area contributed by atoms with Gasteiger partial charge in [-0.15, -0.1) is 0 Å². The number of nitrogens with zero attached hydrogens (tertiary/aromatic N) is 3. The molecular formula is C12H16N6O. The fourth-order valence-electron chi connectivity index (χ4n) is 2.42. The number of hydrogen-bond donors (Lipinski definition) is 3. The molecule has 1 fully saturated rings. The highest BCUT2D eigenvalue weighted by Crippen LogP contribution is 2.32. The highest BCUT2D eigenvalue weighted by molar-refractivity contribution is 5.33. The van der Waals surface area contributed by atoms with Crippen LogP contribution >= 0.6 is 0 Å². The van der Waals surface area contributed by atoms with Crippen molar-refractivity contribution < 1.29 is 0 Å². The first kappa shape index (κ1) is 11.9. The van der Waals surface area contributed by atoms with Gasteiger partial charge in [-0.05, 0) is 18.9 Å². The standard InChI is InChI=1S/C12H16N6O/c19-12-16-10(17-18-12)7-14-9-5-6-13-11(15-9)8-3-1-2-4-8/h5-6,8H,1-4,7H2,(H,13,14,15)(H2,16,17,18,19). The van der Waals surface area contributed by atoms with Crippen molar-refractivity contribution in [1.29, 1.82) is 0 Å². The maximum absolute atomic E-state index is 10.9. The molecule has 7 heteroatoms. The molecule has 2 aromatic heterocycles. The quantitative estimate of drug-likeness (QED) is 0.766. The minimum absolute atomic E-state index is 0.300. The van der Waals surface area contributed by atoms with E-state index in [0.29, 0.717) is 18.3 Å². The summed E-state index contributed by atoms with van der Waals surface area (Å²) in [4.78, 5) is 22.4. The predicted molar refractivity (Wildman–Crippen MR) is 69.8 cm³/mol. The van der Waals surface area contributed by atoms with Gasteiger partial charge in [0.25, 0.3) is 0 Å². The van der Waals surface area contributed by atoms with Crippen molar-refractivity contribution in [2.24, 2.45) is 0 Å². The summed E-state index contributed by atoms with van der Waals surface area (Å²) in [6.45, 7) is 0.430. The van der Waals surface area contributed by atoms with Crippen LogP contribution in [0.3, 0.4) is 0 Å². The third-order valence-electron chi connectivity index (χ3n) is 3.38. The summed E-state index contributed by atoms with van der Waals surface area (Å²) >= 11 is 0. The van der Waals surface area contributed by atoms with Crippen molar-refractivity contribution in [2.45, 2.75) is 38.1 Å². The number of H-pyrrole nitrogens is 2. The summed E-state index contributed by atoms with van der Waals surface area (Å²) in [7, 11) is 0. The van der Waals surface area contributed by atoms with Gasteiger partial charge in [0.15, 0.2) is 0 Å². The van der Waals surface area contributed by atoms with E-state index >= 15 is 0 Å². The summed E-state index contributed by atoms with van der Waals surface area (Å²) in [6.07, 6.45) is 6.66. The molecular weight excluding hydrogens is 244 g/mol. The number of anilines is 1. The van der Waals surface area contributed by atoms with Crippen LogP contribution < -0.4 is 11.0 Å². The van der Waals surface area contributed by atoms with Crippen molar-refractivity contribution in [2.75, 3.05) is 5.32 Å². The molecule has 1 saturated carbocycles. The van der Waals surface area contributed by atoms with Gasteiger partial charge in [0.05, 0.1) is 6.54 Å². The molecule has 0 unspecified atom stereocenters. The molecule has 1 aliphatic rings. The topological polar surface area (TPSA) is 99.3 Å². The molecule has 0 aromatic carbocycles. The Hall–Kier alpha value is -2.18. The smallest absolute Gasteiger partial charge is 0.340 e. The van der Waals surface area contributed by atoms with Gasteiger partial charge in [-0.1, -0.05) is 12.8 Å². The Kier molecular flexibility index (Phi) is 3.26. The lowest BCUT2D eigenvalue weighted by Crippen LogP contribution is -2.08. The first-order valence-corrected chi connectivity index (χ1v) is 6.51. The first-order chi connectivity index (χ1) is 9.31. The van der Waals surface area contributed by atoms with Gasteiger partial charge in [0.1, 0.15) is 17.5 Å². The number of rotatable bonds is 4. The number of nitrogens with one attached hydrogen (secondary N) is 3. The summed E-state index contributed by atoms with van der Waals surface area (Å²) in [6, 6.07) is 1.82.